The van der Waals surface area contributed by atoms with Crippen LogP contribution < -0.4 is 22.2 Å². The van der Waals surface area contributed by atoms with Crippen LogP contribution in [0, 0.1) is 0 Å². The van der Waals surface area contributed by atoms with E-state index in [0.717, 1.165) is 18.5 Å². The molecular formula is C19H22N6O2. The maximum Gasteiger partial charge on any atom is 0.256 e. The lowest BCUT2D eigenvalue weighted by Crippen LogP contribution is -2.28. The van der Waals surface area contributed by atoms with Crippen molar-refractivity contribution >= 4 is 34.4 Å². The number of nitrogens with zero attached hydrogens (tertiary/aromatic N) is 3. The molecule has 8 heteroatoms. The molecule has 5 N–H and O–H groups in total. The molecule has 0 aliphatic heterocycles. The number of nitrogens with two attached hydrogens (primary N) is 2. The van der Waals surface area contributed by atoms with Gasteiger partial charge < -0.3 is 21.4 Å². The van der Waals surface area contributed by atoms with Gasteiger partial charge in [-0.1, -0.05) is 25.5 Å². The third kappa shape index (κ3) is 3.46. The predicted octanol–water partition coefficient (Wildman–Crippen LogP) is 2.19. The summed E-state index contributed by atoms with van der Waals surface area (Å²) in [5, 5.41) is 3.32. The van der Waals surface area contributed by atoms with E-state index in [-0.39, 0.29) is 16.8 Å². The smallest absolute Gasteiger partial charge is 0.256 e. The minimum Gasteiger partial charge on any atom is -0.384 e. The Bertz CT molecular complexity index is 1060. The molecule has 1 amide bonds. The van der Waals surface area contributed by atoms with Crippen LogP contribution in [0.5, 0.6) is 0 Å². The van der Waals surface area contributed by atoms with E-state index in [0.29, 0.717) is 18.1 Å². The van der Waals surface area contributed by atoms with Crippen LogP contribution in [0.3, 0.4) is 0 Å². The van der Waals surface area contributed by atoms with Crippen LogP contribution in [0.1, 0.15) is 36.2 Å². The molecule has 0 unspecified atom stereocenters. The number of amides is 1. The number of nitrogen functional groups attached to an aromatic ring is 1. The maximum atomic E-state index is 12.5. The van der Waals surface area contributed by atoms with Crippen molar-refractivity contribution in [3.05, 3.63) is 51.8 Å². The number of aryl methyl sites for hydroxylation is 2. The van der Waals surface area contributed by atoms with Crippen LogP contribution in [-0.4, -0.2) is 20.4 Å². The van der Waals surface area contributed by atoms with Gasteiger partial charge in [0.25, 0.3) is 5.91 Å². The fourth-order valence-corrected chi connectivity index (χ4v) is 3.03. The van der Waals surface area contributed by atoms with Gasteiger partial charge in [0.05, 0.1) is 5.39 Å². The first-order valence-corrected chi connectivity index (χ1v) is 8.81. The highest BCUT2D eigenvalue weighted by molar-refractivity contribution is 6.00. The highest BCUT2D eigenvalue weighted by Gasteiger charge is 2.19. The molecule has 2 aromatic heterocycles. The number of primary amides is 1. The number of aromatic nitrogens is 3. The molecule has 0 radical (unpaired) electrons. The summed E-state index contributed by atoms with van der Waals surface area (Å²) in [6.07, 6.45) is 3.50. The molecule has 0 aliphatic rings. The van der Waals surface area contributed by atoms with E-state index in [4.69, 9.17) is 11.5 Å². The number of nitrogens with one attached hydrogen (secondary N) is 1. The van der Waals surface area contributed by atoms with Gasteiger partial charge in [0.1, 0.15) is 11.4 Å². The van der Waals surface area contributed by atoms with Crippen LogP contribution in [0.4, 0.5) is 17.5 Å². The molecule has 8 nitrogen and oxygen atoms in total. The molecule has 2 heterocycles. The van der Waals surface area contributed by atoms with E-state index in [1.807, 2.05) is 31.2 Å². The zero-order valence-corrected chi connectivity index (χ0v) is 15.3. The SMILES string of the molecule is CCCc1ccc(Nc2ncc3c(=O)c(C(N)=O)c(N)n(CC)c3n2)cc1. The first-order valence-electron chi connectivity index (χ1n) is 8.81. The van der Waals surface area contributed by atoms with E-state index < -0.39 is 11.3 Å². The fourth-order valence-electron chi connectivity index (χ4n) is 3.03. The Labute approximate surface area is 156 Å². The van der Waals surface area contributed by atoms with Gasteiger partial charge in [0.15, 0.2) is 5.65 Å². The number of anilines is 3. The van der Waals surface area contributed by atoms with E-state index in [2.05, 4.69) is 22.2 Å². The molecule has 3 aromatic rings. The number of carbonyl (C=O) groups is 1. The third-order valence-electron chi connectivity index (χ3n) is 4.35. The third-order valence-corrected chi connectivity index (χ3v) is 4.35. The largest absolute Gasteiger partial charge is 0.384 e. The van der Waals surface area contributed by atoms with Gasteiger partial charge in [-0.3, -0.25) is 9.59 Å². The molecule has 0 fully saturated rings. The molecule has 0 spiro atoms. The minimum absolute atomic E-state index is 0.0102. The van der Waals surface area contributed by atoms with E-state index in [1.165, 1.54) is 11.8 Å². The van der Waals surface area contributed by atoms with Crippen molar-refractivity contribution in [3.63, 3.8) is 0 Å². The zero-order valence-electron chi connectivity index (χ0n) is 15.3. The molecule has 0 aliphatic carbocycles. The summed E-state index contributed by atoms with van der Waals surface area (Å²) in [5.41, 5.74) is 13.0. The Kier molecular flexibility index (Phi) is 5.07. The molecule has 0 atom stereocenters. The average Bonchev–Trinajstić information content (AvgIpc) is 2.63. The average molecular weight is 366 g/mol. The monoisotopic (exact) mass is 366 g/mol. The molecule has 0 saturated heterocycles. The van der Waals surface area contributed by atoms with Gasteiger partial charge in [0, 0.05) is 18.4 Å². The summed E-state index contributed by atoms with van der Waals surface area (Å²) in [5.74, 6) is -0.523. The van der Waals surface area contributed by atoms with Crippen molar-refractivity contribution in [1.29, 1.82) is 0 Å². The van der Waals surface area contributed by atoms with E-state index >= 15 is 0 Å². The van der Waals surface area contributed by atoms with Crippen LogP contribution in [-0.2, 0) is 13.0 Å². The van der Waals surface area contributed by atoms with Crippen molar-refractivity contribution in [1.82, 2.24) is 14.5 Å². The van der Waals surface area contributed by atoms with E-state index in [9.17, 15) is 9.59 Å². The lowest BCUT2D eigenvalue weighted by Gasteiger charge is -2.14. The summed E-state index contributed by atoms with van der Waals surface area (Å²) in [6, 6.07) is 8.00. The van der Waals surface area contributed by atoms with E-state index in [1.54, 1.807) is 4.57 Å². The Balaban J connectivity index is 2.05. The standard InChI is InChI=1S/C19H22N6O2/c1-3-5-11-6-8-12(9-7-11)23-19-22-10-13-15(26)14(17(21)27)16(20)25(4-2)18(13)24-19/h6-10H,3-5,20H2,1-2H3,(H2,21,27)(H,22,23,24). The maximum absolute atomic E-state index is 12.5. The fraction of sp³-hybridized carbons (Fsp3) is 0.263. The van der Waals surface area contributed by atoms with Gasteiger partial charge in [-0.05, 0) is 31.0 Å². The Hall–Kier alpha value is -3.42. The number of rotatable bonds is 6. The van der Waals surface area contributed by atoms with Crippen LogP contribution in [0.15, 0.2) is 35.3 Å². The second-order valence-corrected chi connectivity index (χ2v) is 6.20. The highest BCUT2D eigenvalue weighted by atomic mass is 16.2. The molecule has 1 aromatic carbocycles. The second-order valence-electron chi connectivity index (χ2n) is 6.20. The number of hydrogen-bond donors (Lipinski definition) is 3. The van der Waals surface area contributed by atoms with Gasteiger partial charge in [-0.15, -0.1) is 0 Å². The lowest BCUT2D eigenvalue weighted by molar-refractivity contribution is 0.1000. The van der Waals surface area contributed by atoms with Crippen molar-refractivity contribution in [2.45, 2.75) is 33.2 Å². The van der Waals surface area contributed by atoms with Crippen molar-refractivity contribution in [2.75, 3.05) is 11.1 Å². The molecular weight excluding hydrogens is 344 g/mol. The van der Waals surface area contributed by atoms with Gasteiger partial charge in [-0.25, -0.2) is 4.98 Å². The minimum atomic E-state index is -0.865. The number of carbonyl (C=O) groups excluding carboxylic acids is 1. The van der Waals surface area contributed by atoms with Crippen LogP contribution >= 0.6 is 0 Å². The first kappa shape index (κ1) is 18.4. The molecule has 27 heavy (non-hydrogen) atoms. The topological polar surface area (TPSA) is 129 Å². The number of benzene rings is 1. The quantitative estimate of drug-likeness (QED) is 0.613. The Morgan fingerprint density at radius 2 is 1.93 bits per heavy atom. The molecule has 140 valence electrons. The second kappa shape index (κ2) is 7.45. The number of hydrogen-bond acceptors (Lipinski definition) is 6. The van der Waals surface area contributed by atoms with Crippen molar-refractivity contribution < 1.29 is 4.79 Å². The molecule has 0 bridgehead atoms. The van der Waals surface area contributed by atoms with Crippen molar-refractivity contribution in [2.24, 2.45) is 5.73 Å². The number of pyridine rings is 1. The summed E-state index contributed by atoms with van der Waals surface area (Å²) in [4.78, 5) is 32.8. The Morgan fingerprint density at radius 3 is 2.52 bits per heavy atom. The van der Waals surface area contributed by atoms with Gasteiger partial charge >= 0.3 is 0 Å². The zero-order chi connectivity index (χ0) is 19.6. The summed E-state index contributed by atoms with van der Waals surface area (Å²) >= 11 is 0. The normalized spacial score (nSPS) is 10.9. The lowest BCUT2D eigenvalue weighted by atomic mass is 10.1. The van der Waals surface area contributed by atoms with Crippen molar-refractivity contribution in [3.8, 4) is 0 Å². The van der Waals surface area contributed by atoms with Gasteiger partial charge in [0.2, 0.25) is 11.4 Å². The summed E-state index contributed by atoms with van der Waals surface area (Å²) < 4.78 is 1.58. The summed E-state index contributed by atoms with van der Waals surface area (Å²) in [6.45, 7) is 4.40. The molecule has 0 saturated carbocycles. The molecule has 3 rings (SSSR count). The van der Waals surface area contributed by atoms with Crippen LogP contribution in [0.25, 0.3) is 11.0 Å². The highest BCUT2D eigenvalue weighted by Crippen LogP contribution is 2.20. The van der Waals surface area contributed by atoms with Crippen LogP contribution in [0.2, 0.25) is 0 Å². The predicted molar refractivity (Wildman–Crippen MR) is 106 cm³/mol. The first-order chi connectivity index (χ1) is 13.0. The van der Waals surface area contributed by atoms with Gasteiger partial charge in [-0.2, -0.15) is 4.98 Å². The Morgan fingerprint density at radius 1 is 1.22 bits per heavy atom. The summed E-state index contributed by atoms with van der Waals surface area (Å²) in [7, 11) is 0. The number of fused-ring (bicyclic) bond motifs is 1.